The number of aromatic nitrogens is 2. The summed E-state index contributed by atoms with van der Waals surface area (Å²) >= 11 is 11.6. The highest BCUT2D eigenvalue weighted by Gasteiger charge is 2.22. The summed E-state index contributed by atoms with van der Waals surface area (Å²) < 4.78 is 1.81. The Balaban J connectivity index is 2.51. The average Bonchev–Trinajstić information content (AvgIpc) is 2.31. The third-order valence-electron chi connectivity index (χ3n) is 1.66. The van der Waals surface area contributed by atoms with E-state index < -0.39 is 5.50 Å². The molecule has 0 amide bonds. The molecule has 4 nitrogen and oxygen atoms in total. The third kappa shape index (κ3) is 1.07. The molecule has 1 aliphatic heterocycles. The number of aryl methyl sites for hydroxylation is 1. The van der Waals surface area contributed by atoms with E-state index in [1.165, 1.54) is 0 Å². The fourth-order valence-corrected chi connectivity index (χ4v) is 1.70. The summed E-state index contributed by atoms with van der Waals surface area (Å²) in [4.78, 5) is 7.99. The molecule has 1 unspecified atom stereocenters. The van der Waals surface area contributed by atoms with Gasteiger partial charge in [-0.05, 0) is 11.6 Å². The zero-order valence-electron chi connectivity index (χ0n) is 6.25. The number of alkyl halides is 1. The van der Waals surface area contributed by atoms with E-state index in [-0.39, 0.29) is 5.29 Å². The summed E-state index contributed by atoms with van der Waals surface area (Å²) in [7, 11) is 1.86. The fraction of sp³-hybridized carbons (Fsp3) is 0.333. The highest BCUT2D eigenvalue weighted by molar-refractivity contribution is 6.67. The SMILES string of the molecule is Cn1cnc2c1C(Cl)N=C(Cl)N2. The fourth-order valence-electron chi connectivity index (χ4n) is 1.11. The molecule has 2 heterocycles. The first-order chi connectivity index (χ1) is 5.68. The Morgan fingerprint density at radius 2 is 2.42 bits per heavy atom. The first-order valence-electron chi connectivity index (χ1n) is 3.34. The van der Waals surface area contributed by atoms with Gasteiger partial charge < -0.3 is 9.88 Å². The van der Waals surface area contributed by atoms with Crippen molar-refractivity contribution >= 4 is 34.3 Å². The van der Waals surface area contributed by atoms with Gasteiger partial charge in [-0.3, -0.25) is 0 Å². The molecule has 64 valence electrons. The van der Waals surface area contributed by atoms with Crippen LogP contribution in [0.2, 0.25) is 0 Å². The van der Waals surface area contributed by atoms with Crippen molar-refractivity contribution in [2.75, 3.05) is 5.32 Å². The van der Waals surface area contributed by atoms with Crippen LogP contribution in [-0.2, 0) is 7.05 Å². The lowest BCUT2D eigenvalue weighted by molar-refractivity contribution is 0.803. The van der Waals surface area contributed by atoms with Gasteiger partial charge in [0.05, 0.1) is 6.33 Å². The van der Waals surface area contributed by atoms with Crippen molar-refractivity contribution in [3.8, 4) is 0 Å². The lowest BCUT2D eigenvalue weighted by Gasteiger charge is -2.14. The molecule has 0 bridgehead atoms. The molecule has 0 saturated carbocycles. The van der Waals surface area contributed by atoms with Gasteiger partial charge in [0.2, 0.25) is 0 Å². The Morgan fingerprint density at radius 1 is 1.67 bits per heavy atom. The van der Waals surface area contributed by atoms with Crippen LogP contribution in [0.4, 0.5) is 5.82 Å². The van der Waals surface area contributed by atoms with E-state index in [9.17, 15) is 0 Å². The standard InChI is InChI=1S/C6H6Cl2N4/c1-12-2-9-5-3(12)4(7)10-6(8)11-5/h2,4H,1H3,(H,10,11). The van der Waals surface area contributed by atoms with Gasteiger partial charge in [-0.25, -0.2) is 9.98 Å². The van der Waals surface area contributed by atoms with Crippen molar-refractivity contribution < 1.29 is 0 Å². The van der Waals surface area contributed by atoms with Gasteiger partial charge in [0.1, 0.15) is 5.69 Å². The van der Waals surface area contributed by atoms with Crippen LogP contribution >= 0.6 is 23.2 Å². The Morgan fingerprint density at radius 3 is 3.17 bits per heavy atom. The van der Waals surface area contributed by atoms with E-state index in [0.717, 1.165) is 5.69 Å². The summed E-state index contributed by atoms with van der Waals surface area (Å²) in [5.74, 6) is 0.678. The Hall–Kier alpha value is -0.740. The van der Waals surface area contributed by atoms with Crippen molar-refractivity contribution in [1.82, 2.24) is 9.55 Å². The van der Waals surface area contributed by atoms with Crippen LogP contribution in [0.1, 0.15) is 11.2 Å². The first-order valence-corrected chi connectivity index (χ1v) is 4.15. The van der Waals surface area contributed by atoms with Crippen molar-refractivity contribution in [2.24, 2.45) is 12.0 Å². The highest BCUT2D eigenvalue weighted by Crippen LogP contribution is 2.31. The minimum absolute atomic E-state index is 0.279. The Bertz CT molecular complexity index is 343. The minimum Gasteiger partial charge on any atom is -0.333 e. The summed E-state index contributed by atoms with van der Waals surface area (Å²) in [5, 5.41) is 3.09. The molecule has 0 fully saturated rings. The number of fused-ring (bicyclic) bond motifs is 1. The van der Waals surface area contributed by atoms with Crippen molar-refractivity contribution in [2.45, 2.75) is 5.50 Å². The second-order valence-electron chi connectivity index (χ2n) is 2.47. The molecule has 2 rings (SSSR count). The molecule has 0 aliphatic carbocycles. The van der Waals surface area contributed by atoms with E-state index in [1.54, 1.807) is 6.33 Å². The van der Waals surface area contributed by atoms with E-state index in [1.807, 2.05) is 11.6 Å². The van der Waals surface area contributed by atoms with Gasteiger partial charge >= 0.3 is 0 Å². The van der Waals surface area contributed by atoms with Gasteiger partial charge in [0, 0.05) is 7.05 Å². The van der Waals surface area contributed by atoms with Crippen LogP contribution < -0.4 is 5.32 Å². The molecule has 0 radical (unpaired) electrons. The number of aliphatic imine (C=N–C) groups is 1. The van der Waals surface area contributed by atoms with E-state index in [4.69, 9.17) is 23.2 Å². The summed E-state index contributed by atoms with van der Waals surface area (Å²) in [6.07, 6.45) is 1.66. The maximum atomic E-state index is 5.92. The number of nitrogens with one attached hydrogen (secondary N) is 1. The zero-order chi connectivity index (χ0) is 8.72. The molecule has 1 aromatic heterocycles. The van der Waals surface area contributed by atoms with E-state index >= 15 is 0 Å². The number of nitrogens with zero attached hydrogens (tertiary/aromatic N) is 3. The van der Waals surface area contributed by atoms with Gasteiger partial charge in [0.15, 0.2) is 16.6 Å². The molecule has 1 N–H and O–H groups in total. The zero-order valence-corrected chi connectivity index (χ0v) is 7.76. The van der Waals surface area contributed by atoms with Gasteiger partial charge in [-0.15, -0.1) is 0 Å². The van der Waals surface area contributed by atoms with Gasteiger partial charge in [0.25, 0.3) is 0 Å². The van der Waals surface area contributed by atoms with Crippen LogP contribution in [0.25, 0.3) is 0 Å². The number of rotatable bonds is 0. The topological polar surface area (TPSA) is 42.2 Å². The van der Waals surface area contributed by atoms with Crippen LogP contribution in [0.5, 0.6) is 0 Å². The normalized spacial score (nSPS) is 21.2. The summed E-state index contributed by atoms with van der Waals surface area (Å²) in [6.45, 7) is 0. The van der Waals surface area contributed by atoms with E-state index in [2.05, 4.69) is 15.3 Å². The maximum absolute atomic E-state index is 5.92. The number of halogens is 2. The summed E-state index contributed by atoms with van der Waals surface area (Å²) in [5.41, 5.74) is 0.391. The summed E-state index contributed by atoms with van der Waals surface area (Å²) in [6, 6.07) is 0. The first kappa shape index (κ1) is 7.89. The molecule has 1 atom stereocenters. The lowest BCUT2D eigenvalue weighted by Crippen LogP contribution is -2.14. The molecular formula is C6H6Cl2N4. The largest absolute Gasteiger partial charge is 0.333 e. The van der Waals surface area contributed by atoms with Gasteiger partial charge in [-0.2, -0.15) is 0 Å². The second kappa shape index (κ2) is 2.64. The van der Waals surface area contributed by atoms with Crippen LogP contribution in [0, 0.1) is 0 Å². The quantitative estimate of drug-likeness (QED) is 0.517. The molecule has 0 saturated heterocycles. The van der Waals surface area contributed by atoms with Crippen molar-refractivity contribution in [3.63, 3.8) is 0 Å². The molecule has 0 spiro atoms. The Kier molecular flexibility index (Phi) is 1.73. The predicted octanol–water partition coefficient (Wildman–Crippen LogP) is 1.68. The number of imidazole rings is 1. The minimum atomic E-state index is -0.443. The number of amidine groups is 1. The molecule has 6 heteroatoms. The van der Waals surface area contributed by atoms with Crippen LogP contribution in [-0.4, -0.2) is 14.8 Å². The monoisotopic (exact) mass is 204 g/mol. The maximum Gasteiger partial charge on any atom is 0.198 e. The average molecular weight is 205 g/mol. The highest BCUT2D eigenvalue weighted by atomic mass is 35.5. The van der Waals surface area contributed by atoms with Crippen LogP contribution in [0.15, 0.2) is 11.3 Å². The number of hydrogen-bond acceptors (Lipinski definition) is 3. The lowest BCUT2D eigenvalue weighted by atomic mass is 10.4. The number of anilines is 1. The smallest absolute Gasteiger partial charge is 0.198 e. The Labute approximate surface area is 79.2 Å². The molecule has 0 aromatic carbocycles. The van der Waals surface area contributed by atoms with Crippen LogP contribution in [0.3, 0.4) is 0 Å². The molecule has 1 aliphatic rings. The second-order valence-corrected chi connectivity index (χ2v) is 3.24. The van der Waals surface area contributed by atoms with Crippen molar-refractivity contribution in [1.29, 1.82) is 0 Å². The third-order valence-corrected chi connectivity index (χ3v) is 2.15. The predicted molar refractivity (Wildman–Crippen MR) is 48.7 cm³/mol. The van der Waals surface area contributed by atoms with E-state index in [0.29, 0.717) is 5.82 Å². The molecule has 1 aromatic rings. The number of hydrogen-bond donors (Lipinski definition) is 1. The van der Waals surface area contributed by atoms with Gasteiger partial charge in [-0.1, -0.05) is 11.6 Å². The van der Waals surface area contributed by atoms with Crippen molar-refractivity contribution in [3.05, 3.63) is 12.0 Å². The molecule has 12 heavy (non-hydrogen) atoms. The molecular weight excluding hydrogens is 199 g/mol.